The van der Waals surface area contributed by atoms with E-state index in [0.717, 1.165) is 33.2 Å². The number of aromatic nitrogens is 1. The Balaban J connectivity index is 2.07. The molecule has 0 fully saturated rings. The van der Waals surface area contributed by atoms with Crippen molar-refractivity contribution >= 4 is 28.5 Å². The Morgan fingerprint density at radius 2 is 1.69 bits per heavy atom. The maximum Gasteiger partial charge on any atom is 0.337 e. The molecule has 1 N–H and O–H groups in total. The Hall–Kier alpha value is -3.41. The molecule has 1 heterocycles. The van der Waals surface area contributed by atoms with Crippen LogP contribution in [0.5, 0.6) is 0 Å². The summed E-state index contributed by atoms with van der Waals surface area (Å²) < 4.78 is 7.78. The number of carboxylic acid groups (broad SMARTS) is 1. The zero-order valence-electron chi connectivity index (χ0n) is 20.2. The summed E-state index contributed by atoms with van der Waals surface area (Å²) in [5.74, 6) is -1.07. The molecule has 0 aliphatic heterocycles. The maximum absolute atomic E-state index is 13.0. The fourth-order valence-corrected chi connectivity index (χ4v) is 4.49. The van der Waals surface area contributed by atoms with Gasteiger partial charge in [0.2, 0.25) is 0 Å². The van der Waals surface area contributed by atoms with Crippen LogP contribution in [0.4, 0.5) is 0 Å². The first kappa shape index (κ1) is 24.7. The number of pyridine rings is 1. The lowest BCUT2D eigenvalue weighted by molar-refractivity contribution is -0.160. The van der Waals surface area contributed by atoms with Gasteiger partial charge in [-0.25, -0.2) is 4.79 Å². The molecule has 1 unspecified atom stereocenters. The summed E-state index contributed by atoms with van der Waals surface area (Å²) >= 11 is 6.16. The monoisotopic (exact) mass is 489 g/mol. The van der Waals surface area contributed by atoms with Gasteiger partial charge < -0.3 is 14.4 Å². The number of nitrogens with zero attached hydrogens (tertiary/aromatic N) is 1. The van der Waals surface area contributed by atoms with E-state index in [0.29, 0.717) is 17.1 Å². The highest BCUT2D eigenvalue weighted by atomic mass is 35.5. The van der Waals surface area contributed by atoms with Crippen molar-refractivity contribution in [3.05, 3.63) is 105 Å². The maximum atomic E-state index is 13.0. The van der Waals surface area contributed by atoms with Crippen LogP contribution in [0.25, 0.3) is 22.0 Å². The summed E-state index contributed by atoms with van der Waals surface area (Å²) in [5.41, 5.74) is 3.72. The molecule has 35 heavy (non-hydrogen) atoms. The smallest absolute Gasteiger partial charge is 0.337 e. The van der Waals surface area contributed by atoms with Crippen molar-refractivity contribution in [2.24, 2.45) is 0 Å². The number of carbonyl (C=O) groups is 1. The average molecular weight is 490 g/mol. The highest BCUT2D eigenvalue weighted by molar-refractivity contribution is 6.30. The molecule has 4 rings (SSSR count). The SMILES string of the molecule is Cc1cc2c(ccc(=O)n2Cc2ccccc2)c(-c2ccc(Cl)cc2)c1C(OC(C)(C)C)C(=O)O. The second-order valence-corrected chi connectivity index (χ2v) is 10.1. The van der Waals surface area contributed by atoms with E-state index >= 15 is 0 Å². The molecule has 0 amide bonds. The van der Waals surface area contributed by atoms with Gasteiger partial charge >= 0.3 is 5.97 Å². The molecule has 0 radical (unpaired) electrons. The lowest BCUT2D eigenvalue weighted by Gasteiger charge is -2.29. The first-order valence-electron chi connectivity index (χ1n) is 11.4. The van der Waals surface area contributed by atoms with Gasteiger partial charge in [0.25, 0.3) is 5.56 Å². The van der Waals surface area contributed by atoms with E-state index in [1.165, 1.54) is 6.07 Å². The lowest BCUT2D eigenvalue weighted by Crippen LogP contribution is -2.28. The van der Waals surface area contributed by atoms with Crippen molar-refractivity contribution in [1.82, 2.24) is 4.57 Å². The Morgan fingerprint density at radius 3 is 2.29 bits per heavy atom. The number of hydrogen-bond donors (Lipinski definition) is 1. The molecule has 0 bridgehead atoms. The number of rotatable bonds is 6. The Bertz CT molecular complexity index is 1430. The van der Waals surface area contributed by atoms with Crippen molar-refractivity contribution in [3.8, 4) is 11.1 Å². The van der Waals surface area contributed by atoms with E-state index in [9.17, 15) is 14.7 Å². The predicted octanol–water partition coefficient (Wildman–Crippen LogP) is 6.62. The number of fused-ring (bicyclic) bond motifs is 1. The van der Waals surface area contributed by atoms with Gasteiger partial charge in [0, 0.05) is 22.0 Å². The number of halogens is 1. The minimum absolute atomic E-state index is 0.128. The minimum atomic E-state index is -1.19. The number of benzene rings is 3. The first-order valence-corrected chi connectivity index (χ1v) is 11.8. The molecule has 5 nitrogen and oxygen atoms in total. The van der Waals surface area contributed by atoms with E-state index in [4.69, 9.17) is 16.3 Å². The fraction of sp³-hybridized carbons (Fsp3) is 0.241. The Labute approximate surface area is 209 Å². The van der Waals surface area contributed by atoms with Gasteiger partial charge in [0.15, 0.2) is 6.10 Å². The number of hydrogen-bond acceptors (Lipinski definition) is 3. The van der Waals surface area contributed by atoms with Gasteiger partial charge in [-0.15, -0.1) is 0 Å². The number of aliphatic carboxylic acids is 1. The standard InChI is InChI=1S/C29H28ClNO4/c1-18-16-23-22(14-15-24(32)31(23)17-19-8-6-5-7-9-19)26(20-10-12-21(30)13-11-20)25(18)27(28(33)34)35-29(2,3)4/h5-16,27H,17H2,1-4H3,(H,33,34). The Morgan fingerprint density at radius 1 is 1.03 bits per heavy atom. The van der Waals surface area contributed by atoms with Crippen LogP contribution >= 0.6 is 11.6 Å². The largest absolute Gasteiger partial charge is 0.479 e. The van der Waals surface area contributed by atoms with E-state index in [1.54, 1.807) is 22.8 Å². The molecule has 0 aliphatic rings. The van der Waals surface area contributed by atoms with Crippen LogP contribution in [0.1, 0.15) is 43.6 Å². The van der Waals surface area contributed by atoms with Crippen LogP contribution in [0.2, 0.25) is 5.02 Å². The molecule has 0 spiro atoms. The molecule has 0 saturated carbocycles. The van der Waals surface area contributed by atoms with Gasteiger partial charge in [-0.05, 0) is 74.2 Å². The zero-order valence-corrected chi connectivity index (χ0v) is 21.0. The van der Waals surface area contributed by atoms with E-state index in [2.05, 4.69) is 0 Å². The van der Waals surface area contributed by atoms with Gasteiger partial charge in [0.05, 0.1) is 17.7 Å². The molecule has 4 aromatic rings. The first-order chi connectivity index (χ1) is 16.5. The van der Waals surface area contributed by atoms with Crippen molar-refractivity contribution in [1.29, 1.82) is 0 Å². The topological polar surface area (TPSA) is 68.5 Å². The van der Waals surface area contributed by atoms with Gasteiger partial charge in [-0.1, -0.05) is 54.1 Å². The molecule has 0 saturated heterocycles. The summed E-state index contributed by atoms with van der Waals surface area (Å²) in [5, 5.41) is 11.5. The molecule has 6 heteroatoms. The summed E-state index contributed by atoms with van der Waals surface area (Å²) in [4.78, 5) is 25.4. The molecule has 1 atom stereocenters. The molecule has 3 aromatic carbocycles. The summed E-state index contributed by atoms with van der Waals surface area (Å²) in [6.45, 7) is 7.76. The van der Waals surface area contributed by atoms with E-state index in [1.807, 2.05) is 76.2 Å². The second kappa shape index (κ2) is 9.68. The zero-order chi connectivity index (χ0) is 25.3. The molecular weight excluding hydrogens is 462 g/mol. The average Bonchev–Trinajstić information content (AvgIpc) is 2.79. The normalized spacial score (nSPS) is 12.6. The third-order valence-corrected chi connectivity index (χ3v) is 6.07. The van der Waals surface area contributed by atoms with Crippen molar-refractivity contribution in [2.45, 2.75) is 45.9 Å². The van der Waals surface area contributed by atoms with Gasteiger partial charge in [-0.3, -0.25) is 4.79 Å². The summed E-state index contributed by atoms with van der Waals surface area (Å²) in [6.07, 6.45) is -1.19. The predicted molar refractivity (Wildman–Crippen MR) is 140 cm³/mol. The van der Waals surface area contributed by atoms with Crippen LogP contribution in [0.3, 0.4) is 0 Å². The van der Waals surface area contributed by atoms with Gasteiger partial charge in [-0.2, -0.15) is 0 Å². The fourth-order valence-electron chi connectivity index (χ4n) is 4.37. The quantitative estimate of drug-likeness (QED) is 0.330. The lowest BCUT2D eigenvalue weighted by atomic mass is 9.88. The third kappa shape index (κ3) is 5.31. The van der Waals surface area contributed by atoms with Crippen LogP contribution in [0, 0.1) is 6.92 Å². The molecule has 180 valence electrons. The van der Waals surface area contributed by atoms with E-state index < -0.39 is 17.7 Å². The van der Waals surface area contributed by atoms with Crippen LogP contribution < -0.4 is 5.56 Å². The summed E-state index contributed by atoms with van der Waals surface area (Å²) in [6, 6.07) is 22.2. The molecular formula is C29H28ClNO4. The van der Waals surface area contributed by atoms with Crippen molar-refractivity contribution < 1.29 is 14.6 Å². The second-order valence-electron chi connectivity index (χ2n) is 9.61. The van der Waals surface area contributed by atoms with Crippen LogP contribution in [0.15, 0.2) is 77.6 Å². The molecule has 0 aliphatic carbocycles. The Kier molecular flexibility index (Phi) is 6.84. The highest BCUT2D eigenvalue weighted by Crippen LogP contribution is 2.40. The van der Waals surface area contributed by atoms with E-state index in [-0.39, 0.29) is 5.56 Å². The highest BCUT2D eigenvalue weighted by Gasteiger charge is 2.32. The minimum Gasteiger partial charge on any atom is -0.479 e. The number of ether oxygens (including phenoxy) is 1. The van der Waals surface area contributed by atoms with Crippen molar-refractivity contribution in [2.75, 3.05) is 0 Å². The third-order valence-electron chi connectivity index (χ3n) is 5.82. The number of aryl methyl sites for hydroxylation is 1. The van der Waals surface area contributed by atoms with Crippen LogP contribution in [-0.2, 0) is 16.1 Å². The van der Waals surface area contributed by atoms with Gasteiger partial charge in [0.1, 0.15) is 0 Å². The van der Waals surface area contributed by atoms with Crippen LogP contribution in [-0.4, -0.2) is 21.2 Å². The summed E-state index contributed by atoms with van der Waals surface area (Å²) in [7, 11) is 0. The van der Waals surface area contributed by atoms with Crippen molar-refractivity contribution in [3.63, 3.8) is 0 Å². The number of carboxylic acids is 1. The molecule has 1 aromatic heterocycles.